The zero-order chi connectivity index (χ0) is 9.03. The van der Waals surface area contributed by atoms with Crippen LogP contribution in [0.3, 0.4) is 0 Å². The van der Waals surface area contributed by atoms with Gasteiger partial charge in [0.2, 0.25) is 0 Å². The Kier molecular flexibility index (Phi) is 2.90. The molecule has 0 aliphatic carbocycles. The molecule has 0 N–H and O–H groups in total. The van der Waals surface area contributed by atoms with Crippen molar-refractivity contribution in [2.75, 3.05) is 13.1 Å². The fraction of sp³-hybridized carbons (Fsp3) is 0.700. The smallest absolute Gasteiger partial charge is 0.0859 e. The molecule has 0 spiro atoms. The van der Waals surface area contributed by atoms with Crippen LogP contribution in [0.4, 0.5) is 0 Å². The molecular formula is C10H18N2. The highest BCUT2D eigenvalue weighted by Crippen LogP contribution is 2.06. The summed E-state index contributed by atoms with van der Waals surface area (Å²) in [5.74, 6) is 0. The molecule has 2 nitrogen and oxygen atoms in total. The number of nitrogens with zero attached hydrogens (tertiary/aromatic N) is 2. The second kappa shape index (κ2) is 3.74. The van der Waals surface area contributed by atoms with Gasteiger partial charge in [0.1, 0.15) is 0 Å². The summed E-state index contributed by atoms with van der Waals surface area (Å²) in [6.07, 6.45) is 7.54. The predicted molar refractivity (Wildman–Crippen MR) is 53.6 cm³/mol. The molecule has 1 aliphatic rings. The maximum atomic E-state index is 4.45. The zero-order valence-electron chi connectivity index (χ0n) is 8.25. The Labute approximate surface area is 75.0 Å². The van der Waals surface area contributed by atoms with Crippen molar-refractivity contribution in [1.29, 1.82) is 0 Å². The lowest BCUT2D eigenvalue weighted by Gasteiger charge is -2.22. The average Bonchev–Trinajstić information content (AvgIpc) is 2.02. The summed E-state index contributed by atoms with van der Waals surface area (Å²) >= 11 is 0. The standard InChI is InChI=1S/C10H18N2/c1-10(2,3)11-9-12-7-5-4-6-8-12/h4-5,9H,6-8H2,1-3H3. The van der Waals surface area contributed by atoms with E-state index >= 15 is 0 Å². The van der Waals surface area contributed by atoms with Crippen molar-refractivity contribution in [1.82, 2.24) is 4.90 Å². The molecule has 1 heterocycles. The summed E-state index contributed by atoms with van der Waals surface area (Å²) in [6.45, 7) is 8.46. The molecule has 0 fully saturated rings. The van der Waals surface area contributed by atoms with Gasteiger partial charge >= 0.3 is 0 Å². The van der Waals surface area contributed by atoms with E-state index in [-0.39, 0.29) is 5.54 Å². The van der Waals surface area contributed by atoms with Crippen LogP contribution in [0.15, 0.2) is 17.1 Å². The largest absolute Gasteiger partial charge is 0.359 e. The molecule has 12 heavy (non-hydrogen) atoms. The van der Waals surface area contributed by atoms with Crippen LogP contribution in [0.2, 0.25) is 0 Å². The topological polar surface area (TPSA) is 15.6 Å². The second-order valence-electron chi connectivity index (χ2n) is 4.17. The lowest BCUT2D eigenvalue weighted by atomic mass is 10.1. The van der Waals surface area contributed by atoms with E-state index in [4.69, 9.17) is 0 Å². The van der Waals surface area contributed by atoms with E-state index in [0.29, 0.717) is 0 Å². The van der Waals surface area contributed by atoms with E-state index in [9.17, 15) is 0 Å². The Bertz CT molecular complexity index is 187. The Morgan fingerprint density at radius 3 is 2.58 bits per heavy atom. The molecule has 0 saturated heterocycles. The Hall–Kier alpha value is -0.790. The monoisotopic (exact) mass is 166 g/mol. The molecule has 0 aromatic carbocycles. The van der Waals surface area contributed by atoms with Crippen molar-refractivity contribution in [3.63, 3.8) is 0 Å². The van der Waals surface area contributed by atoms with Gasteiger partial charge in [-0.1, -0.05) is 12.2 Å². The van der Waals surface area contributed by atoms with Crippen molar-refractivity contribution in [2.45, 2.75) is 32.7 Å². The van der Waals surface area contributed by atoms with Gasteiger partial charge in [0.25, 0.3) is 0 Å². The molecule has 0 amide bonds. The first-order valence-electron chi connectivity index (χ1n) is 4.52. The SMILES string of the molecule is CC(C)(C)N=CN1CC=CCC1. The molecule has 0 saturated carbocycles. The normalized spacial score (nSPS) is 19.1. The third-order valence-electron chi connectivity index (χ3n) is 1.70. The highest BCUT2D eigenvalue weighted by Gasteiger charge is 2.06. The minimum Gasteiger partial charge on any atom is -0.359 e. The zero-order valence-corrected chi connectivity index (χ0v) is 8.25. The van der Waals surface area contributed by atoms with Crippen molar-refractivity contribution in [2.24, 2.45) is 4.99 Å². The van der Waals surface area contributed by atoms with Crippen LogP contribution in [-0.4, -0.2) is 29.9 Å². The maximum absolute atomic E-state index is 4.45. The van der Waals surface area contributed by atoms with Gasteiger partial charge in [-0.05, 0) is 27.2 Å². The summed E-state index contributed by atoms with van der Waals surface area (Å²) in [5.41, 5.74) is 0.0567. The molecular weight excluding hydrogens is 148 g/mol. The first-order valence-corrected chi connectivity index (χ1v) is 4.52. The van der Waals surface area contributed by atoms with Crippen LogP contribution in [0.25, 0.3) is 0 Å². The minimum atomic E-state index is 0.0567. The third-order valence-corrected chi connectivity index (χ3v) is 1.70. The molecule has 0 aromatic rings. The first kappa shape index (κ1) is 9.30. The van der Waals surface area contributed by atoms with Crippen molar-refractivity contribution >= 4 is 6.34 Å². The van der Waals surface area contributed by atoms with E-state index in [2.05, 4.69) is 42.8 Å². The van der Waals surface area contributed by atoms with Crippen LogP contribution in [0.1, 0.15) is 27.2 Å². The van der Waals surface area contributed by atoms with Gasteiger partial charge in [-0.2, -0.15) is 0 Å². The molecule has 0 aromatic heterocycles. The fourth-order valence-electron chi connectivity index (χ4n) is 1.02. The fourth-order valence-corrected chi connectivity index (χ4v) is 1.02. The summed E-state index contributed by atoms with van der Waals surface area (Å²) in [5, 5.41) is 0. The number of hydrogen-bond donors (Lipinski definition) is 0. The van der Waals surface area contributed by atoms with Crippen molar-refractivity contribution < 1.29 is 0 Å². The second-order valence-corrected chi connectivity index (χ2v) is 4.17. The molecule has 0 unspecified atom stereocenters. The number of hydrogen-bond acceptors (Lipinski definition) is 1. The van der Waals surface area contributed by atoms with Crippen LogP contribution < -0.4 is 0 Å². The summed E-state index contributed by atoms with van der Waals surface area (Å²) in [6, 6.07) is 0. The van der Waals surface area contributed by atoms with Gasteiger partial charge in [0, 0.05) is 13.1 Å². The molecule has 1 aliphatic heterocycles. The van der Waals surface area contributed by atoms with E-state index < -0.39 is 0 Å². The summed E-state index contributed by atoms with van der Waals surface area (Å²) < 4.78 is 0. The van der Waals surface area contributed by atoms with Gasteiger partial charge < -0.3 is 4.90 Å². The number of rotatable bonds is 1. The van der Waals surface area contributed by atoms with E-state index in [1.807, 2.05) is 6.34 Å². The molecule has 1 rings (SSSR count). The minimum absolute atomic E-state index is 0.0567. The predicted octanol–water partition coefficient (Wildman–Crippen LogP) is 2.08. The highest BCUT2D eigenvalue weighted by molar-refractivity contribution is 5.56. The maximum Gasteiger partial charge on any atom is 0.0859 e. The van der Waals surface area contributed by atoms with Gasteiger partial charge in [-0.25, -0.2) is 0 Å². The van der Waals surface area contributed by atoms with Crippen LogP contribution in [-0.2, 0) is 0 Å². The lowest BCUT2D eigenvalue weighted by molar-refractivity contribution is 0.456. The first-order chi connectivity index (χ1) is 5.58. The molecule has 0 radical (unpaired) electrons. The van der Waals surface area contributed by atoms with Gasteiger partial charge in [0.05, 0.1) is 11.9 Å². The molecule has 68 valence electrons. The summed E-state index contributed by atoms with van der Waals surface area (Å²) in [4.78, 5) is 6.69. The van der Waals surface area contributed by atoms with E-state index in [0.717, 1.165) is 19.5 Å². The molecule has 0 bridgehead atoms. The van der Waals surface area contributed by atoms with Gasteiger partial charge in [-0.15, -0.1) is 0 Å². The van der Waals surface area contributed by atoms with E-state index in [1.165, 1.54) is 0 Å². The van der Waals surface area contributed by atoms with E-state index in [1.54, 1.807) is 0 Å². The lowest BCUT2D eigenvalue weighted by Crippen LogP contribution is -2.27. The van der Waals surface area contributed by atoms with Crippen molar-refractivity contribution in [3.05, 3.63) is 12.2 Å². The van der Waals surface area contributed by atoms with Crippen LogP contribution >= 0.6 is 0 Å². The Morgan fingerprint density at radius 2 is 2.08 bits per heavy atom. The van der Waals surface area contributed by atoms with Gasteiger partial charge in [0.15, 0.2) is 0 Å². The molecule has 2 heteroatoms. The Balaban J connectivity index is 2.40. The third kappa shape index (κ3) is 3.56. The Morgan fingerprint density at radius 1 is 1.33 bits per heavy atom. The van der Waals surface area contributed by atoms with Crippen LogP contribution in [0.5, 0.6) is 0 Å². The van der Waals surface area contributed by atoms with Crippen LogP contribution in [0, 0.1) is 0 Å². The van der Waals surface area contributed by atoms with Crippen molar-refractivity contribution in [3.8, 4) is 0 Å². The van der Waals surface area contributed by atoms with Gasteiger partial charge in [-0.3, -0.25) is 4.99 Å². The molecule has 0 atom stereocenters. The highest BCUT2D eigenvalue weighted by atomic mass is 15.2. The summed E-state index contributed by atoms with van der Waals surface area (Å²) in [7, 11) is 0. The average molecular weight is 166 g/mol. The quantitative estimate of drug-likeness (QED) is 0.331. The number of aliphatic imine (C=N–C) groups is 1.